The van der Waals surface area contributed by atoms with E-state index in [0.717, 1.165) is 34.9 Å². The van der Waals surface area contributed by atoms with Gasteiger partial charge in [0.15, 0.2) is 5.78 Å². The first-order valence-electron chi connectivity index (χ1n) is 11.9. The molecule has 1 heterocycles. The molecule has 3 aromatic rings. The van der Waals surface area contributed by atoms with Gasteiger partial charge in [0.1, 0.15) is 5.54 Å². The summed E-state index contributed by atoms with van der Waals surface area (Å²) < 4.78 is 0. The minimum atomic E-state index is -1.26. The third-order valence-corrected chi connectivity index (χ3v) is 6.40. The molecule has 3 aromatic carbocycles. The Labute approximate surface area is 204 Å². The zero-order valence-electron chi connectivity index (χ0n) is 20.0. The van der Waals surface area contributed by atoms with Crippen LogP contribution in [0.5, 0.6) is 0 Å². The van der Waals surface area contributed by atoms with Gasteiger partial charge < -0.3 is 10.6 Å². The monoisotopic (exact) mass is 471 g/mol. The highest BCUT2D eigenvalue weighted by Gasteiger charge is 2.49. The van der Waals surface area contributed by atoms with Crippen molar-refractivity contribution in [1.29, 1.82) is 0 Å². The van der Waals surface area contributed by atoms with Crippen molar-refractivity contribution in [3.63, 3.8) is 0 Å². The Morgan fingerprint density at radius 1 is 0.943 bits per heavy atom. The normalized spacial score (nSPS) is 17.5. The van der Waals surface area contributed by atoms with Gasteiger partial charge in [-0.25, -0.2) is 4.79 Å². The number of unbranched alkanes of at least 4 members (excludes halogenated alkanes) is 2. The van der Waals surface area contributed by atoms with E-state index in [9.17, 15) is 19.2 Å². The summed E-state index contributed by atoms with van der Waals surface area (Å²) in [6, 6.07) is 19.3. The van der Waals surface area contributed by atoms with E-state index in [-0.39, 0.29) is 18.2 Å². The van der Waals surface area contributed by atoms with Gasteiger partial charge in [-0.3, -0.25) is 19.3 Å². The second kappa shape index (κ2) is 10.1. The molecule has 4 rings (SSSR count). The van der Waals surface area contributed by atoms with Crippen LogP contribution in [0.25, 0.3) is 10.8 Å². The van der Waals surface area contributed by atoms with Crippen LogP contribution in [-0.4, -0.2) is 35.1 Å². The molecule has 7 nitrogen and oxygen atoms in total. The standard InChI is InChI=1S/C28H29N3O4/c1-3-4-5-10-25(33)29-23-15-12-20(13-16-23)24(32)18-31-26(34)28(2,30-27(31)35)22-14-11-19-8-6-7-9-21(19)17-22/h6-9,11-17H,3-5,10,18H2,1-2H3,(H,29,33)(H,30,35). The highest BCUT2D eigenvalue weighted by molar-refractivity contribution is 6.11. The van der Waals surface area contributed by atoms with Crippen molar-refractivity contribution >= 4 is 40.1 Å². The molecule has 1 unspecified atom stereocenters. The number of nitrogens with zero attached hydrogens (tertiary/aromatic N) is 1. The summed E-state index contributed by atoms with van der Waals surface area (Å²) in [4.78, 5) is 51.8. The maximum Gasteiger partial charge on any atom is 0.325 e. The van der Waals surface area contributed by atoms with Gasteiger partial charge in [0.05, 0.1) is 6.54 Å². The summed E-state index contributed by atoms with van der Waals surface area (Å²) in [5.41, 5.74) is 0.354. The summed E-state index contributed by atoms with van der Waals surface area (Å²) >= 11 is 0. The topological polar surface area (TPSA) is 95.6 Å². The molecule has 0 saturated carbocycles. The van der Waals surface area contributed by atoms with E-state index in [0.29, 0.717) is 23.2 Å². The lowest BCUT2D eigenvalue weighted by molar-refractivity contribution is -0.130. The van der Waals surface area contributed by atoms with Crippen LogP contribution in [0, 0.1) is 0 Å². The van der Waals surface area contributed by atoms with Gasteiger partial charge in [-0.15, -0.1) is 0 Å². The van der Waals surface area contributed by atoms with Crippen molar-refractivity contribution in [1.82, 2.24) is 10.2 Å². The molecular formula is C28H29N3O4. The molecule has 0 radical (unpaired) electrons. The fraction of sp³-hybridized carbons (Fsp3) is 0.286. The maximum absolute atomic E-state index is 13.3. The lowest BCUT2D eigenvalue weighted by Crippen LogP contribution is -2.41. The first-order chi connectivity index (χ1) is 16.8. The van der Waals surface area contributed by atoms with Crippen molar-refractivity contribution in [3.05, 3.63) is 77.9 Å². The van der Waals surface area contributed by atoms with Gasteiger partial charge in [0, 0.05) is 17.7 Å². The summed E-state index contributed by atoms with van der Waals surface area (Å²) in [5.74, 6) is -0.899. The lowest BCUT2D eigenvalue weighted by atomic mass is 9.90. The molecule has 1 atom stereocenters. The van der Waals surface area contributed by atoms with Gasteiger partial charge in [0.2, 0.25) is 5.91 Å². The van der Waals surface area contributed by atoms with E-state index in [1.165, 1.54) is 0 Å². The van der Waals surface area contributed by atoms with Crippen LogP contribution in [0.3, 0.4) is 0 Å². The first-order valence-corrected chi connectivity index (χ1v) is 11.9. The summed E-state index contributed by atoms with van der Waals surface area (Å²) in [6.45, 7) is 3.37. The van der Waals surface area contributed by atoms with Crippen molar-refractivity contribution in [3.8, 4) is 0 Å². The van der Waals surface area contributed by atoms with Crippen molar-refractivity contribution in [2.75, 3.05) is 11.9 Å². The van der Waals surface area contributed by atoms with Crippen LogP contribution in [-0.2, 0) is 15.1 Å². The van der Waals surface area contributed by atoms with E-state index >= 15 is 0 Å². The smallest absolute Gasteiger partial charge is 0.325 e. The van der Waals surface area contributed by atoms with Crippen LogP contribution >= 0.6 is 0 Å². The molecule has 0 bridgehead atoms. The molecule has 1 aliphatic rings. The van der Waals surface area contributed by atoms with Crippen LogP contribution < -0.4 is 10.6 Å². The molecule has 1 fully saturated rings. The van der Waals surface area contributed by atoms with Crippen molar-refractivity contribution in [2.24, 2.45) is 0 Å². The molecule has 180 valence electrons. The third kappa shape index (κ3) is 5.09. The number of ketones is 1. The Balaban J connectivity index is 1.43. The molecule has 2 N–H and O–H groups in total. The molecule has 0 spiro atoms. The Morgan fingerprint density at radius 3 is 2.37 bits per heavy atom. The Bertz CT molecular complexity index is 1280. The minimum Gasteiger partial charge on any atom is -0.326 e. The highest BCUT2D eigenvalue weighted by atomic mass is 16.2. The molecule has 4 amide bonds. The number of hydrogen-bond donors (Lipinski definition) is 2. The van der Waals surface area contributed by atoms with Crippen LogP contribution in [0.4, 0.5) is 10.5 Å². The number of hydrogen-bond acceptors (Lipinski definition) is 4. The average Bonchev–Trinajstić information content (AvgIpc) is 3.08. The second-order valence-electron chi connectivity index (χ2n) is 9.01. The Kier molecular flexibility index (Phi) is 6.96. The number of carbonyl (C=O) groups is 4. The van der Waals surface area contributed by atoms with Crippen molar-refractivity contribution < 1.29 is 19.2 Å². The number of anilines is 1. The van der Waals surface area contributed by atoms with Crippen molar-refractivity contribution in [2.45, 2.75) is 45.1 Å². The van der Waals surface area contributed by atoms with E-state index in [2.05, 4.69) is 17.6 Å². The summed E-state index contributed by atoms with van der Waals surface area (Å²) in [6.07, 6.45) is 3.34. The number of Topliss-reactive ketones (excluding diaryl/α,β-unsaturated/α-hetero) is 1. The van der Waals surface area contributed by atoms with E-state index in [1.807, 2.05) is 42.5 Å². The Morgan fingerprint density at radius 2 is 1.66 bits per heavy atom. The lowest BCUT2D eigenvalue weighted by Gasteiger charge is -2.22. The Hall–Kier alpha value is -4.00. The SMILES string of the molecule is CCCCCC(=O)Nc1ccc(C(=O)CN2C(=O)NC(C)(c3ccc4ccccc4c3)C2=O)cc1. The number of amides is 4. The first kappa shape index (κ1) is 24.1. The number of urea groups is 1. The van der Waals surface area contributed by atoms with Gasteiger partial charge >= 0.3 is 6.03 Å². The summed E-state index contributed by atoms with van der Waals surface area (Å²) in [5, 5.41) is 7.56. The third-order valence-electron chi connectivity index (χ3n) is 6.40. The van der Waals surface area contributed by atoms with Crippen LogP contribution in [0.2, 0.25) is 0 Å². The quantitative estimate of drug-likeness (QED) is 0.261. The number of benzene rings is 3. The van der Waals surface area contributed by atoms with Crippen LogP contribution in [0.15, 0.2) is 66.7 Å². The maximum atomic E-state index is 13.3. The molecule has 0 aliphatic carbocycles. The number of fused-ring (bicyclic) bond motifs is 1. The zero-order valence-corrected chi connectivity index (χ0v) is 20.0. The number of carbonyl (C=O) groups excluding carboxylic acids is 4. The molecule has 1 saturated heterocycles. The number of rotatable bonds is 9. The van der Waals surface area contributed by atoms with Gasteiger partial charge in [0.25, 0.3) is 5.91 Å². The summed E-state index contributed by atoms with van der Waals surface area (Å²) in [7, 11) is 0. The molecular weight excluding hydrogens is 442 g/mol. The second-order valence-corrected chi connectivity index (χ2v) is 9.01. The van der Waals surface area contributed by atoms with Crippen LogP contribution in [0.1, 0.15) is 55.5 Å². The van der Waals surface area contributed by atoms with E-state index in [1.54, 1.807) is 31.2 Å². The van der Waals surface area contributed by atoms with Gasteiger partial charge in [-0.05, 0) is 60.0 Å². The minimum absolute atomic E-state index is 0.0650. The molecule has 0 aromatic heterocycles. The molecule has 7 heteroatoms. The van der Waals surface area contributed by atoms with Gasteiger partial charge in [-0.2, -0.15) is 0 Å². The van der Waals surface area contributed by atoms with E-state index < -0.39 is 17.5 Å². The number of imide groups is 1. The fourth-order valence-corrected chi connectivity index (χ4v) is 4.27. The molecule has 1 aliphatic heterocycles. The molecule has 35 heavy (non-hydrogen) atoms. The predicted octanol–water partition coefficient (Wildman–Crippen LogP) is 5.01. The van der Waals surface area contributed by atoms with Gasteiger partial charge in [-0.1, -0.05) is 56.2 Å². The largest absolute Gasteiger partial charge is 0.326 e. The van der Waals surface area contributed by atoms with E-state index in [4.69, 9.17) is 0 Å². The highest BCUT2D eigenvalue weighted by Crippen LogP contribution is 2.31. The average molecular weight is 472 g/mol. The zero-order chi connectivity index (χ0) is 25.0. The number of nitrogens with one attached hydrogen (secondary N) is 2. The predicted molar refractivity (Wildman–Crippen MR) is 135 cm³/mol. The fourth-order valence-electron chi connectivity index (χ4n) is 4.27.